The molecule has 0 amide bonds. The molecular formula is C25H30O11. The van der Waals surface area contributed by atoms with Crippen LogP contribution >= 0.6 is 0 Å². The lowest BCUT2D eigenvalue weighted by Gasteiger charge is -2.39. The largest absolute Gasteiger partial charge is 0.508 e. The van der Waals surface area contributed by atoms with Crippen LogP contribution in [-0.2, 0) is 28.5 Å². The highest BCUT2D eigenvalue weighted by molar-refractivity contribution is 5.92. The highest BCUT2D eigenvalue weighted by Gasteiger charge is 2.45. The normalized spacial score (nSPS) is 31.4. The zero-order valence-electron chi connectivity index (χ0n) is 19.8. The third-order valence-corrected chi connectivity index (χ3v) is 5.53. The van der Waals surface area contributed by atoms with E-state index in [1.54, 1.807) is 32.1 Å². The first kappa shape index (κ1) is 27.5. The lowest BCUT2D eigenvalue weighted by Crippen LogP contribution is -2.59. The highest BCUT2D eigenvalue weighted by Crippen LogP contribution is 2.25. The maximum atomic E-state index is 12.0. The first-order chi connectivity index (χ1) is 17.1. The van der Waals surface area contributed by atoms with Crippen molar-refractivity contribution in [1.82, 2.24) is 0 Å². The molecule has 0 bridgehead atoms. The van der Waals surface area contributed by atoms with Crippen LogP contribution in [0.3, 0.4) is 0 Å². The smallest absolute Gasteiger partial charge is 0.337 e. The third kappa shape index (κ3) is 7.00. The molecule has 196 valence electrons. The van der Waals surface area contributed by atoms with Crippen molar-refractivity contribution in [3.05, 3.63) is 59.2 Å². The topological polar surface area (TPSA) is 172 Å². The minimum atomic E-state index is -1.66. The number of rotatable bonds is 8. The Labute approximate surface area is 207 Å². The zero-order chi connectivity index (χ0) is 26.4. The van der Waals surface area contributed by atoms with E-state index in [1.807, 2.05) is 0 Å². The first-order valence-electron chi connectivity index (χ1n) is 11.3. The number of ether oxygens (including phenoxy) is 4. The van der Waals surface area contributed by atoms with E-state index in [0.717, 1.165) is 11.6 Å². The molecule has 11 heteroatoms. The monoisotopic (exact) mass is 506 g/mol. The van der Waals surface area contributed by atoms with E-state index in [4.69, 9.17) is 18.9 Å². The molecule has 1 aromatic rings. The van der Waals surface area contributed by atoms with Crippen molar-refractivity contribution in [3.63, 3.8) is 0 Å². The number of aliphatic hydroxyl groups is 4. The summed E-state index contributed by atoms with van der Waals surface area (Å²) in [6, 6.07) is 6.10. The third-order valence-electron chi connectivity index (χ3n) is 5.53. The predicted molar refractivity (Wildman–Crippen MR) is 124 cm³/mol. The minimum Gasteiger partial charge on any atom is -0.508 e. The molecule has 0 unspecified atom stereocenters. The summed E-state index contributed by atoms with van der Waals surface area (Å²) in [6.07, 6.45) is -3.99. The summed E-state index contributed by atoms with van der Waals surface area (Å²) in [6.45, 7) is 2.87. The van der Waals surface area contributed by atoms with Crippen molar-refractivity contribution in [3.8, 4) is 5.75 Å². The number of allylic oxidation sites excluding steroid dienone is 1. The van der Waals surface area contributed by atoms with Crippen molar-refractivity contribution in [2.24, 2.45) is 0 Å². The number of benzene rings is 1. The van der Waals surface area contributed by atoms with Gasteiger partial charge in [0.25, 0.3) is 0 Å². The number of cyclic esters (lactones) is 1. The molecule has 2 saturated heterocycles. The Morgan fingerprint density at radius 2 is 1.75 bits per heavy atom. The second kappa shape index (κ2) is 12.3. The van der Waals surface area contributed by atoms with Crippen LogP contribution in [0.1, 0.15) is 19.4 Å². The molecule has 7 atom stereocenters. The Morgan fingerprint density at radius 1 is 1.06 bits per heavy atom. The van der Waals surface area contributed by atoms with E-state index >= 15 is 0 Å². The van der Waals surface area contributed by atoms with Crippen LogP contribution in [-0.4, -0.2) is 93.6 Å². The minimum absolute atomic E-state index is 0.0192. The van der Waals surface area contributed by atoms with Gasteiger partial charge < -0.3 is 44.5 Å². The van der Waals surface area contributed by atoms with Crippen molar-refractivity contribution >= 4 is 18.0 Å². The summed E-state index contributed by atoms with van der Waals surface area (Å²) in [5, 5.41) is 50.2. The van der Waals surface area contributed by atoms with Gasteiger partial charge in [-0.1, -0.05) is 17.7 Å². The molecule has 11 nitrogen and oxygen atoms in total. The molecule has 0 radical (unpaired) electrons. The molecule has 2 aliphatic heterocycles. The second-order valence-electron chi connectivity index (χ2n) is 8.62. The average Bonchev–Trinajstić information content (AvgIpc) is 3.09. The number of carbonyl (C=O) groups is 2. The lowest BCUT2D eigenvalue weighted by molar-refractivity contribution is -0.299. The molecule has 1 aromatic carbocycles. The second-order valence-corrected chi connectivity index (χ2v) is 8.62. The molecule has 0 saturated carbocycles. The fourth-order valence-electron chi connectivity index (χ4n) is 3.60. The number of carbonyl (C=O) groups excluding carboxylic acids is 2. The fraction of sp³-hybridized carbons (Fsp3) is 0.440. The van der Waals surface area contributed by atoms with E-state index in [1.165, 1.54) is 24.3 Å². The van der Waals surface area contributed by atoms with Gasteiger partial charge in [0.15, 0.2) is 12.4 Å². The van der Waals surface area contributed by atoms with Gasteiger partial charge in [-0.05, 0) is 49.8 Å². The van der Waals surface area contributed by atoms with Crippen molar-refractivity contribution in [1.29, 1.82) is 0 Å². The van der Waals surface area contributed by atoms with E-state index in [0.29, 0.717) is 5.56 Å². The Kier molecular flexibility index (Phi) is 9.37. The highest BCUT2D eigenvalue weighted by atomic mass is 16.7. The Balaban J connectivity index is 1.55. The standard InChI is InChI=1S/C25H30O11/c1-13(2)11-17-20(28)16(24(32)35-17)9-10-33-25-23(31)22(30)21(29)18(36-25)12-34-19(27)8-5-14-3-6-15(26)7-4-14/h3-9,11,17-18,20-23,25-26,28-31H,10,12H2,1-2H3/b8-5-,16-9-/t17-,18-,20+,21-,22+,23-,25-/m1/s1. The Morgan fingerprint density at radius 3 is 2.42 bits per heavy atom. The van der Waals surface area contributed by atoms with Gasteiger partial charge >= 0.3 is 11.9 Å². The predicted octanol–water partition coefficient (Wildman–Crippen LogP) is -0.0483. The molecule has 2 fully saturated rings. The molecule has 0 aliphatic carbocycles. The van der Waals surface area contributed by atoms with E-state index in [-0.39, 0.29) is 17.9 Å². The number of aromatic hydroxyl groups is 1. The maximum absolute atomic E-state index is 12.0. The summed E-state index contributed by atoms with van der Waals surface area (Å²) < 4.78 is 21.1. The van der Waals surface area contributed by atoms with E-state index in [2.05, 4.69) is 0 Å². The van der Waals surface area contributed by atoms with Gasteiger partial charge in [0.1, 0.15) is 42.9 Å². The van der Waals surface area contributed by atoms with Crippen LogP contribution in [0.15, 0.2) is 53.6 Å². The van der Waals surface area contributed by atoms with Crippen LogP contribution < -0.4 is 0 Å². The maximum Gasteiger partial charge on any atom is 0.337 e. The van der Waals surface area contributed by atoms with Crippen molar-refractivity contribution in [2.45, 2.75) is 56.8 Å². The summed E-state index contributed by atoms with van der Waals surface area (Å²) in [5.74, 6) is -1.38. The number of aliphatic hydroxyl groups excluding tert-OH is 4. The molecule has 2 heterocycles. The molecule has 3 rings (SSSR count). The SMILES string of the molecule is CC(C)=C[C@H]1OC(=O)/C(=C\CO[C@@H]2O[C@H](COC(=O)/C=C\c3ccc(O)cc3)[C@@H](O)[C@H](O)[C@H]2O)[C@@H]1O. The molecule has 5 N–H and O–H groups in total. The molecule has 0 spiro atoms. The van der Waals surface area contributed by atoms with Crippen molar-refractivity contribution in [2.75, 3.05) is 13.2 Å². The molecule has 2 aliphatic rings. The molecular weight excluding hydrogens is 476 g/mol. The number of phenolic OH excluding ortho intramolecular Hbond substituents is 1. The van der Waals surface area contributed by atoms with E-state index < -0.39 is 61.5 Å². The van der Waals surface area contributed by atoms with E-state index in [9.17, 15) is 35.1 Å². The summed E-state index contributed by atoms with van der Waals surface area (Å²) in [7, 11) is 0. The summed E-state index contributed by atoms with van der Waals surface area (Å²) >= 11 is 0. The number of phenols is 1. The Bertz CT molecular complexity index is 1010. The lowest BCUT2D eigenvalue weighted by atomic mass is 9.99. The van der Waals surface area contributed by atoms with Gasteiger partial charge in [-0.15, -0.1) is 0 Å². The van der Waals surface area contributed by atoms with Gasteiger partial charge in [0.2, 0.25) is 0 Å². The molecule has 0 aromatic heterocycles. The summed E-state index contributed by atoms with van der Waals surface area (Å²) in [4.78, 5) is 24.0. The van der Waals surface area contributed by atoms with Gasteiger partial charge in [-0.25, -0.2) is 9.59 Å². The fourth-order valence-corrected chi connectivity index (χ4v) is 3.60. The first-order valence-corrected chi connectivity index (χ1v) is 11.3. The van der Waals surface area contributed by atoms with Crippen LogP contribution in [0.2, 0.25) is 0 Å². The van der Waals surface area contributed by atoms with Crippen molar-refractivity contribution < 1.29 is 54.1 Å². The quantitative estimate of drug-likeness (QED) is 0.182. The van der Waals surface area contributed by atoms with Gasteiger partial charge in [0.05, 0.1) is 12.2 Å². The van der Waals surface area contributed by atoms with Crippen LogP contribution in [0.5, 0.6) is 5.75 Å². The Hall–Kier alpha value is -3.06. The zero-order valence-corrected chi connectivity index (χ0v) is 19.8. The van der Waals surface area contributed by atoms with Crippen LogP contribution in [0, 0.1) is 0 Å². The average molecular weight is 507 g/mol. The van der Waals surface area contributed by atoms with Gasteiger partial charge in [-0.2, -0.15) is 0 Å². The molecule has 36 heavy (non-hydrogen) atoms. The number of hydrogen-bond donors (Lipinski definition) is 5. The number of hydrogen-bond acceptors (Lipinski definition) is 11. The van der Waals surface area contributed by atoms with Crippen LogP contribution in [0.25, 0.3) is 6.08 Å². The summed E-state index contributed by atoms with van der Waals surface area (Å²) in [5.41, 5.74) is 1.48. The van der Waals surface area contributed by atoms with Gasteiger partial charge in [-0.3, -0.25) is 0 Å². The van der Waals surface area contributed by atoms with Crippen LogP contribution in [0.4, 0.5) is 0 Å². The van der Waals surface area contributed by atoms with Gasteiger partial charge in [0, 0.05) is 6.08 Å². The number of esters is 2.